The van der Waals surface area contributed by atoms with Gasteiger partial charge in [-0.15, -0.1) is 0 Å². The summed E-state index contributed by atoms with van der Waals surface area (Å²) in [5, 5.41) is 10.3. The zero-order chi connectivity index (χ0) is 12.0. The molecule has 1 heterocycles. The average molecular weight is 226 g/mol. The van der Waals surface area contributed by atoms with Crippen LogP contribution in [0, 0.1) is 6.33 Å². The summed E-state index contributed by atoms with van der Waals surface area (Å²) < 4.78 is 1.07. The average Bonchev–Trinajstić information content (AvgIpc) is 2.29. The van der Waals surface area contributed by atoms with Crippen molar-refractivity contribution in [1.29, 1.82) is 0 Å². The lowest BCUT2D eigenvalue weighted by atomic mass is 10.4. The number of nitrogens with one attached hydrogen (secondary N) is 3. The molecule has 0 aliphatic heterocycles. The van der Waals surface area contributed by atoms with Crippen molar-refractivity contribution in [3.05, 3.63) is 27.0 Å². The van der Waals surface area contributed by atoms with Crippen LogP contribution in [-0.4, -0.2) is 34.4 Å². The van der Waals surface area contributed by atoms with Crippen molar-refractivity contribution in [3.8, 4) is 0 Å². The van der Waals surface area contributed by atoms with Gasteiger partial charge in [0.2, 0.25) is 6.33 Å². The third-order valence-electron chi connectivity index (χ3n) is 1.84. The summed E-state index contributed by atoms with van der Waals surface area (Å²) in [6.45, 7) is 0.673. The number of carbonyl (C=O) groups excluding carboxylic acids is 1. The molecule has 0 aliphatic rings. The number of H-pyrrole nitrogens is 1. The summed E-state index contributed by atoms with van der Waals surface area (Å²) in [6.07, 6.45) is 2.86. The molecule has 1 rings (SSSR count). The maximum atomic E-state index is 11.2. The Hall–Kier alpha value is -2.12. The molecule has 0 unspecified atom stereocenters. The van der Waals surface area contributed by atoms with Crippen molar-refractivity contribution in [2.24, 2.45) is 0 Å². The van der Waals surface area contributed by atoms with Gasteiger partial charge in [0.25, 0.3) is 0 Å². The molecular formula is C8H12N5O3. The zero-order valence-corrected chi connectivity index (χ0v) is 8.74. The van der Waals surface area contributed by atoms with Crippen LogP contribution in [0.4, 0.5) is 4.79 Å². The standard InChI is InChI=1S/C8H12N5O3/c1-9-8(16)10-3-2-4-13-5-11-12-6(14)7(13)15/h2-4H2,1H3,(H,12,14)(H2,9,10,16). The van der Waals surface area contributed by atoms with E-state index < -0.39 is 11.1 Å². The molecule has 2 amide bonds. The lowest BCUT2D eigenvalue weighted by Crippen LogP contribution is -2.38. The number of rotatable bonds is 4. The second-order valence-electron chi connectivity index (χ2n) is 2.97. The number of carbonyl (C=O) groups is 1. The molecule has 0 aromatic carbocycles. The molecule has 8 nitrogen and oxygen atoms in total. The Kier molecular flexibility index (Phi) is 4.25. The molecule has 0 saturated heterocycles. The number of urea groups is 1. The van der Waals surface area contributed by atoms with Gasteiger partial charge in [-0.1, -0.05) is 0 Å². The van der Waals surface area contributed by atoms with Crippen LogP contribution in [0.15, 0.2) is 9.59 Å². The van der Waals surface area contributed by atoms with Crippen LogP contribution in [0.5, 0.6) is 0 Å². The number of aryl methyl sites for hydroxylation is 1. The lowest BCUT2D eigenvalue weighted by Gasteiger charge is -2.04. The predicted molar refractivity (Wildman–Crippen MR) is 55.0 cm³/mol. The molecule has 0 bridgehead atoms. The molecule has 0 aliphatic carbocycles. The summed E-state index contributed by atoms with van der Waals surface area (Å²) in [4.78, 5) is 32.9. The quantitative estimate of drug-likeness (QED) is 0.409. The molecule has 1 aromatic heterocycles. The highest BCUT2D eigenvalue weighted by molar-refractivity contribution is 5.73. The number of hydrogen-bond donors (Lipinski definition) is 3. The molecule has 1 aromatic rings. The summed E-state index contributed by atoms with van der Waals surface area (Å²) >= 11 is 0. The van der Waals surface area contributed by atoms with Crippen molar-refractivity contribution in [2.45, 2.75) is 13.0 Å². The SMILES string of the molecule is CNC(=O)NCCCn1[c]n[nH]c(=O)c1=O. The van der Waals surface area contributed by atoms with Crippen molar-refractivity contribution in [1.82, 2.24) is 25.4 Å². The maximum absolute atomic E-state index is 11.2. The fourth-order valence-electron chi connectivity index (χ4n) is 1.03. The Labute approximate surface area is 90.7 Å². The largest absolute Gasteiger partial charge is 0.341 e. The van der Waals surface area contributed by atoms with Gasteiger partial charge in [0, 0.05) is 20.1 Å². The number of amides is 2. The summed E-state index contributed by atoms with van der Waals surface area (Å²) in [6, 6.07) is -0.291. The van der Waals surface area contributed by atoms with Crippen molar-refractivity contribution >= 4 is 6.03 Å². The minimum absolute atomic E-state index is 0.278. The highest BCUT2D eigenvalue weighted by Crippen LogP contribution is 1.81. The van der Waals surface area contributed by atoms with E-state index in [9.17, 15) is 14.4 Å². The van der Waals surface area contributed by atoms with Gasteiger partial charge in [-0.05, 0) is 6.42 Å². The third-order valence-corrected chi connectivity index (χ3v) is 1.84. The number of nitrogens with zero attached hydrogens (tertiary/aromatic N) is 2. The van der Waals surface area contributed by atoms with Gasteiger partial charge in [-0.3, -0.25) is 14.2 Å². The summed E-state index contributed by atoms with van der Waals surface area (Å²) in [7, 11) is 1.51. The normalized spacial score (nSPS) is 9.81. The van der Waals surface area contributed by atoms with Gasteiger partial charge < -0.3 is 10.6 Å². The zero-order valence-electron chi connectivity index (χ0n) is 8.74. The van der Waals surface area contributed by atoms with E-state index in [1.54, 1.807) is 0 Å². The van der Waals surface area contributed by atoms with Crippen molar-refractivity contribution in [3.63, 3.8) is 0 Å². The van der Waals surface area contributed by atoms with Crippen molar-refractivity contribution in [2.75, 3.05) is 13.6 Å². The van der Waals surface area contributed by atoms with Crippen LogP contribution in [0.25, 0.3) is 0 Å². The molecule has 1 radical (unpaired) electrons. The predicted octanol–water partition coefficient (Wildman–Crippen LogP) is -1.95. The molecule has 0 saturated carbocycles. The van der Waals surface area contributed by atoms with E-state index in [2.05, 4.69) is 22.1 Å². The second kappa shape index (κ2) is 5.69. The second-order valence-corrected chi connectivity index (χ2v) is 2.97. The highest BCUT2D eigenvalue weighted by atomic mass is 16.2. The molecule has 0 fully saturated rings. The van der Waals surface area contributed by atoms with E-state index in [-0.39, 0.29) is 12.6 Å². The van der Waals surface area contributed by atoms with Crippen LogP contribution in [0.1, 0.15) is 6.42 Å². The molecule has 0 atom stereocenters. The molecule has 87 valence electrons. The third kappa shape index (κ3) is 3.23. The van der Waals surface area contributed by atoms with Gasteiger partial charge in [-0.2, -0.15) is 5.10 Å². The van der Waals surface area contributed by atoms with E-state index in [1.165, 1.54) is 7.05 Å². The maximum Gasteiger partial charge on any atom is 0.330 e. The van der Waals surface area contributed by atoms with Crippen molar-refractivity contribution < 1.29 is 4.79 Å². The summed E-state index contributed by atoms with van der Waals surface area (Å²) in [5.41, 5.74) is -1.48. The minimum atomic E-state index is -0.780. The van der Waals surface area contributed by atoms with E-state index in [4.69, 9.17) is 0 Å². The van der Waals surface area contributed by atoms with Crippen LogP contribution in [-0.2, 0) is 6.54 Å². The first kappa shape index (κ1) is 12.0. The molecule has 0 spiro atoms. The fourth-order valence-corrected chi connectivity index (χ4v) is 1.03. The van der Waals surface area contributed by atoms with Gasteiger partial charge in [-0.25, -0.2) is 9.89 Å². The van der Waals surface area contributed by atoms with Crippen LogP contribution < -0.4 is 21.8 Å². The first-order valence-electron chi connectivity index (χ1n) is 4.68. The van der Waals surface area contributed by atoms with Gasteiger partial charge in [0.15, 0.2) is 0 Å². The van der Waals surface area contributed by atoms with E-state index in [0.717, 1.165) is 4.57 Å². The van der Waals surface area contributed by atoms with Gasteiger partial charge in [0.05, 0.1) is 0 Å². The first-order chi connectivity index (χ1) is 7.65. The Morgan fingerprint density at radius 3 is 3.00 bits per heavy atom. The van der Waals surface area contributed by atoms with Crippen LogP contribution in [0.3, 0.4) is 0 Å². The fraction of sp³-hybridized carbons (Fsp3) is 0.500. The van der Waals surface area contributed by atoms with E-state index >= 15 is 0 Å². The Balaban J connectivity index is 2.44. The number of aromatic nitrogens is 3. The number of aromatic amines is 1. The lowest BCUT2D eigenvalue weighted by molar-refractivity contribution is 0.242. The molecular weight excluding hydrogens is 214 g/mol. The van der Waals surface area contributed by atoms with E-state index in [1.807, 2.05) is 5.10 Å². The smallest absolute Gasteiger partial charge is 0.330 e. The Bertz CT molecular complexity index is 463. The van der Waals surface area contributed by atoms with Crippen LogP contribution in [0.2, 0.25) is 0 Å². The minimum Gasteiger partial charge on any atom is -0.341 e. The topological polar surface area (TPSA) is 109 Å². The van der Waals surface area contributed by atoms with Gasteiger partial charge >= 0.3 is 17.1 Å². The monoisotopic (exact) mass is 226 g/mol. The number of hydrogen-bond acceptors (Lipinski definition) is 4. The highest BCUT2D eigenvalue weighted by Gasteiger charge is 2.01. The van der Waals surface area contributed by atoms with E-state index in [0.29, 0.717) is 13.0 Å². The van der Waals surface area contributed by atoms with Crippen LogP contribution >= 0.6 is 0 Å². The first-order valence-corrected chi connectivity index (χ1v) is 4.68. The Morgan fingerprint density at radius 1 is 1.56 bits per heavy atom. The molecule has 8 heteroatoms. The molecule has 3 N–H and O–H groups in total. The molecule has 16 heavy (non-hydrogen) atoms. The van der Waals surface area contributed by atoms with Gasteiger partial charge in [0.1, 0.15) is 0 Å². The summed E-state index contributed by atoms with van der Waals surface area (Å²) in [5.74, 6) is 0. The Morgan fingerprint density at radius 2 is 2.31 bits per heavy atom.